The van der Waals surface area contributed by atoms with Crippen LogP contribution in [-0.2, 0) is 0 Å². The van der Waals surface area contributed by atoms with Crippen molar-refractivity contribution in [3.8, 4) is 11.8 Å². The van der Waals surface area contributed by atoms with Gasteiger partial charge in [0, 0.05) is 18.5 Å². The van der Waals surface area contributed by atoms with Crippen molar-refractivity contribution in [1.82, 2.24) is 5.32 Å². The van der Waals surface area contributed by atoms with E-state index in [1.54, 1.807) is 0 Å². The second-order valence-electron chi connectivity index (χ2n) is 5.51. The van der Waals surface area contributed by atoms with Crippen molar-refractivity contribution in [3.05, 3.63) is 34.9 Å². The molecule has 1 saturated carbocycles. The maximum atomic E-state index is 12.2. The number of hydrogen-bond acceptors (Lipinski definition) is 2. The monoisotopic (exact) mass is 271 g/mol. The zero-order valence-electron chi connectivity index (χ0n) is 12.1. The van der Waals surface area contributed by atoms with Gasteiger partial charge in [0.15, 0.2) is 0 Å². The van der Waals surface area contributed by atoms with Gasteiger partial charge in [0.1, 0.15) is 0 Å². The summed E-state index contributed by atoms with van der Waals surface area (Å²) in [6.07, 6.45) is 1.63. The third kappa shape index (κ3) is 3.85. The highest BCUT2D eigenvalue weighted by molar-refractivity contribution is 5.96. The number of nitrogens with one attached hydrogen (secondary N) is 1. The lowest BCUT2D eigenvalue weighted by atomic mass is 10.0. The Morgan fingerprint density at radius 3 is 2.90 bits per heavy atom. The second kappa shape index (κ2) is 6.58. The second-order valence-corrected chi connectivity index (χ2v) is 5.51. The average molecular weight is 271 g/mol. The quantitative estimate of drug-likeness (QED) is 0.824. The fraction of sp³-hybridized carbons (Fsp3) is 0.471. The third-order valence-electron chi connectivity index (χ3n) is 3.68. The first-order valence-corrected chi connectivity index (χ1v) is 7.10. The van der Waals surface area contributed by atoms with Crippen LogP contribution in [0.3, 0.4) is 0 Å². The van der Waals surface area contributed by atoms with E-state index in [1.807, 2.05) is 25.1 Å². The molecule has 106 valence electrons. The molecule has 0 aliphatic heterocycles. The maximum Gasteiger partial charge on any atom is 0.252 e. The molecule has 2 rings (SSSR count). The third-order valence-corrected chi connectivity index (χ3v) is 3.68. The number of amides is 1. The molecule has 1 amide bonds. The molecule has 0 saturated heterocycles. The lowest BCUT2D eigenvalue weighted by Gasteiger charge is -2.07. The van der Waals surface area contributed by atoms with E-state index in [4.69, 9.17) is 5.11 Å². The van der Waals surface area contributed by atoms with Crippen LogP contribution in [-0.4, -0.2) is 24.2 Å². The van der Waals surface area contributed by atoms with E-state index in [2.05, 4.69) is 24.1 Å². The SMILES string of the molecule is Cc1ccc(C(=O)NCC2CC2C)c(C#CCCO)c1. The lowest BCUT2D eigenvalue weighted by molar-refractivity contribution is 0.0951. The molecule has 1 aromatic carbocycles. The van der Waals surface area contributed by atoms with Crippen LogP contribution in [0.1, 0.15) is 41.3 Å². The van der Waals surface area contributed by atoms with Gasteiger partial charge in [-0.3, -0.25) is 4.79 Å². The number of carbonyl (C=O) groups is 1. The smallest absolute Gasteiger partial charge is 0.252 e. The Labute approximate surface area is 120 Å². The van der Waals surface area contributed by atoms with Crippen LogP contribution < -0.4 is 5.32 Å². The summed E-state index contributed by atoms with van der Waals surface area (Å²) in [6.45, 7) is 4.97. The van der Waals surface area contributed by atoms with E-state index >= 15 is 0 Å². The number of carbonyl (C=O) groups excluding carboxylic acids is 1. The maximum absolute atomic E-state index is 12.2. The van der Waals surface area contributed by atoms with E-state index < -0.39 is 0 Å². The topological polar surface area (TPSA) is 49.3 Å². The molecule has 0 spiro atoms. The zero-order chi connectivity index (χ0) is 14.5. The van der Waals surface area contributed by atoms with Gasteiger partial charge >= 0.3 is 0 Å². The summed E-state index contributed by atoms with van der Waals surface area (Å²) in [5.74, 6) is 7.16. The predicted octanol–water partition coefficient (Wildman–Crippen LogP) is 2.11. The highest BCUT2D eigenvalue weighted by Crippen LogP contribution is 2.36. The van der Waals surface area contributed by atoms with E-state index in [9.17, 15) is 4.79 Å². The van der Waals surface area contributed by atoms with Crippen LogP contribution >= 0.6 is 0 Å². The van der Waals surface area contributed by atoms with Crippen LogP contribution in [0.5, 0.6) is 0 Å². The summed E-state index contributed by atoms with van der Waals surface area (Å²) in [4.78, 5) is 12.2. The Bertz CT molecular complexity index is 554. The van der Waals surface area contributed by atoms with Crippen molar-refractivity contribution in [2.45, 2.75) is 26.7 Å². The molecule has 1 aliphatic carbocycles. The van der Waals surface area contributed by atoms with E-state index in [-0.39, 0.29) is 12.5 Å². The highest BCUT2D eigenvalue weighted by Gasteiger charge is 2.32. The van der Waals surface area contributed by atoms with Gasteiger partial charge in [-0.1, -0.05) is 24.8 Å². The first-order chi connectivity index (χ1) is 9.61. The molecule has 1 aromatic rings. The molecule has 3 heteroatoms. The van der Waals surface area contributed by atoms with E-state index in [0.29, 0.717) is 17.9 Å². The fourth-order valence-electron chi connectivity index (χ4n) is 2.18. The summed E-state index contributed by atoms with van der Waals surface area (Å²) in [5.41, 5.74) is 2.43. The average Bonchev–Trinajstić information content (AvgIpc) is 3.12. The van der Waals surface area contributed by atoms with Crippen LogP contribution in [0.2, 0.25) is 0 Å². The summed E-state index contributed by atoms with van der Waals surface area (Å²) in [5, 5.41) is 11.8. The van der Waals surface area contributed by atoms with Crippen molar-refractivity contribution in [2.75, 3.05) is 13.2 Å². The summed E-state index contributed by atoms with van der Waals surface area (Å²) in [6, 6.07) is 5.66. The summed E-state index contributed by atoms with van der Waals surface area (Å²) < 4.78 is 0. The number of aryl methyl sites for hydroxylation is 1. The molecule has 0 bridgehead atoms. The molecule has 1 fully saturated rings. The Morgan fingerprint density at radius 2 is 2.25 bits per heavy atom. The highest BCUT2D eigenvalue weighted by atomic mass is 16.2. The van der Waals surface area contributed by atoms with Crippen LogP contribution in [0.15, 0.2) is 18.2 Å². The zero-order valence-corrected chi connectivity index (χ0v) is 12.1. The van der Waals surface area contributed by atoms with Crippen molar-refractivity contribution < 1.29 is 9.90 Å². The van der Waals surface area contributed by atoms with Gasteiger partial charge < -0.3 is 10.4 Å². The normalized spacial score (nSPS) is 19.9. The fourth-order valence-corrected chi connectivity index (χ4v) is 2.18. The molecular formula is C17H21NO2. The van der Waals surface area contributed by atoms with Gasteiger partial charge in [0.05, 0.1) is 12.2 Å². The molecule has 0 aromatic heterocycles. The first kappa shape index (κ1) is 14.6. The predicted molar refractivity (Wildman–Crippen MR) is 79.4 cm³/mol. The molecule has 2 atom stereocenters. The van der Waals surface area contributed by atoms with Crippen LogP contribution in [0.25, 0.3) is 0 Å². The largest absolute Gasteiger partial charge is 0.395 e. The lowest BCUT2D eigenvalue weighted by Crippen LogP contribution is -2.26. The Morgan fingerprint density at radius 1 is 1.50 bits per heavy atom. The molecule has 3 nitrogen and oxygen atoms in total. The minimum atomic E-state index is -0.0580. The van der Waals surface area contributed by atoms with Crippen LogP contribution in [0, 0.1) is 30.6 Å². The number of benzene rings is 1. The van der Waals surface area contributed by atoms with E-state index in [1.165, 1.54) is 6.42 Å². The van der Waals surface area contributed by atoms with Crippen LogP contribution in [0.4, 0.5) is 0 Å². The van der Waals surface area contributed by atoms with Gasteiger partial charge in [-0.05, 0) is 42.9 Å². The van der Waals surface area contributed by atoms with Gasteiger partial charge in [-0.2, -0.15) is 0 Å². The standard InChI is InChI=1S/C17H21NO2/c1-12-6-7-16(14(9-12)5-3-4-8-19)17(20)18-11-15-10-13(15)2/h6-7,9,13,15,19H,4,8,10-11H2,1-2H3,(H,18,20). The summed E-state index contributed by atoms with van der Waals surface area (Å²) >= 11 is 0. The summed E-state index contributed by atoms with van der Waals surface area (Å²) in [7, 11) is 0. The molecule has 2 N–H and O–H groups in total. The molecule has 1 aliphatic rings. The minimum absolute atomic E-state index is 0.0416. The Kier molecular flexibility index (Phi) is 4.81. The van der Waals surface area contributed by atoms with Gasteiger partial charge in [-0.15, -0.1) is 0 Å². The minimum Gasteiger partial charge on any atom is -0.395 e. The van der Waals surface area contributed by atoms with Gasteiger partial charge in [0.25, 0.3) is 5.91 Å². The Balaban J connectivity index is 2.09. The molecular weight excluding hydrogens is 250 g/mol. The van der Waals surface area contributed by atoms with Gasteiger partial charge in [-0.25, -0.2) is 0 Å². The van der Waals surface area contributed by atoms with E-state index in [0.717, 1.165) is 23.6 Å². The Hall–Kier alpha value is -1.79. The van der Waals surface area contributed by atoms with Crippen molar-refractivity contribution in [1.29, 1.82) is 0 Å². The number of aliphatic hydroxyl groups is 1. The number of aliphatic hydroxyl groups excluding tert-OH is 1. The van der Waals surface area contributed by atoms with Crippen molar-refractivity contribution in [3.63, 3.8) is 0 Å². The number of rotatable bonds is 4. The van der Waals surface area contributed by atoms with Crippen molar-refractivity contribution in [2.24, 2.45) is 11.8 Å². The molecule has 0 radical (unpaired) electrons. The first-order valence-electron chi connectivity index (χ1n) is 7.10. The van der Waals surface area contributed by atoms with Gasteiger partial charge in [0.2, 0.25) is 0 Å². The number of hydrogen-bond donors (Lipinski definition) is 2. The van der Waals surface area contributed by atoms with Crippen molar-refractivity contribution >= 4 is 5.91 Å². The molecule has 0 heterocycles. The molecule has 20 heavy (non-hydrogen) atoms. The molecule has 2 unspecified atom stereocenters.